The summed E-state index contributed by atoms with van der Waals surface area (Å²) in [5.41, 5.74) is 2.86. The van der Waals surface area contributed by atoms with E-state index in [1.165, 1.54) is 17.3 Å². The molecule has 0 saturated heterocycles. The first kappa shape index (κ1) is 16.6. The molecule has 7 nitrogen and oxygen atoms in total. The molecule has 0 N–H and O–H groups in total. The highest BCUT2D eigenvalue weighted by molar-refractivity contribution is 7.99. The maximum Gasteiger partial charge on any atom is 0.277 e. The summed E-state index contributed by atoms with van der Waals surface area (Å²) >= 11 is 1.36. The number of aromatic nitrogens is 4. The normalized spacial score (nSPS) is 12.4. The van der Waals surface area contributed by atoms with Crippen molar-refractivity contribution < 1.29 is 13.3 Å². The van der Waals surface area contributed by atoms with Crippen LogP contribution in [0.25, 0.3) is 22.9 Å². The number of thioether (sulfide) groups is 1. The highest BCUT2D eigenvalue weighted by Gasteiger charge is 2.20. The third kappa shape index (κ3) is 3.28. The molecule has 0 aliphatic carbocycles. The zero-order valence-electron chi connectivity index (χ0n) is 14.5. The SMILES string of the molecule is Cc1ccc(-c2nnc([C@@H](C)Sc3nnc(-c4ccoc4C)o3)o2)cc1. The zero-order chi connectivity index (χ0) is 18.1. The number of furan rings is 1. The van der Waals surface area contributed by atoms with Crippen molar-refractivity contribution in [2.24, 2.45) is 0 Å². The molecule has 0 aliphatic heterocycles. The molecule has 0 bridgehead atoms. The Morgan fingerprint density at radius 1 is 0.885 bits per heavy atom. The molecule has 8 heteroatoms. The van der Waals surface area contributed by atoms with E-state index in [2.05, 4.69) is 20.4 Å². The van der Waals surface area contributed by atoms with Crippen LogP contribution in [0, 0.1) is 13.8 Å². The van der Waals surface area contributed by atoms with Crippen LogP contribution >= 0.6 is 11.8 Å². The zero-order valence-corrected chi connectivity index (χ0v) is 15.3. The Kier molecular flexibility index (Phi) is 4.34. The van der Waals surface area contributed by atoms with Crippen molar-refractivity contribution in [2.45, 2.75) is 31.2 Å². The number of rotatable bonds is 5. The Bertz CT molecular complexity index is 1020. The smallest absolute Gasteiger partial charge is 0.277 e. The van der Waals surface area contributed by atoms with Gasteiger partial charge in [0.1, 0.15) is 5.76 Å². The second kappa shape index (κ2) is 6.80. The average molecular weight is 368 g/mol. The summed E-state index contributed by atoms with van der Waals surface area (Å²) < 4.78 is 16.8. The van der Waals surface area contributed by atoms with E-state index in [9.17, 15) is 0 Å². The van der Waals surface area contributed by atoms with Crippen molar-refractivity contribution in [1.29, 1.82) is 0 Å². The van der Waals surface area contributed by atoms with E-state index < -0.39 is 0 Å². The lowest BCUT2D eigenvalue weighted by Gasteiger charge is -2.01. The molecule has 0 fully saturated rings. The fraction of sp³-hybridized carbons (Fsp3) is 0.222. The van der Waals surface area contributed by atoms with Crippen molar-refractivity contribution in [2.75, 3.05) is 0 Å². The van der Waals surface area contributed by atoms with Gasteiger partial charge < -0.3 is 13.3 Å². The van der Waals surface area contributed by atoms with Crippen LogP contribution in [-0.4, -0.2) is 20.4 Å². The number of aryl methyl sites for hydroxylation is 2. The van der Waals surface area contributed by atoms with Gasteiger partial charge in [-0.3, -0.25) is 0 Å². The minimum atomic E-state index is -0.125. The molecule has 26 heavy (non-hydrogen) atoms. The van der Waals surface area contributed by atoms with E-state index in [1.807, 2.05) is 45.0 Å². The molecule has 3 heterocycles. The van der Waals surface area contributed by atoms with E-state index in [0.717, 1.165) is 16.9 Å². The molecule has 1 aromatic carbocycles. The lowest BCUT2D eigenvalue weighted by atomic mass is 10.1. The third-order valence-corrected chi connectivity index (χ3v) is 4.78. The molecule has 4 rings (SSSR count). The van der Waals surface area contributed by atoms with Crippen LogP contribution in [0.3, 0.4) is 0 Å². The van der Waals surface area contributed by atoms with Crippen molar-refractivity contribution in [1.82, 2.24) is 20.4 Å². The predicted octanol–water partition coefficient (Wildman–Crippen LogP) is 4.85. The summed E-state index contributed by atoms with van der Waals surface area (Å²) in [4.78, 5) is 0. The highest BCUT2D eigenvalue weighted by atomic mass is 32.2. The van der Waals surface area contributed by atoms with Crippen molar-refractivity contribution in [3.05, 3.63) is 53.8 Å². The van der Waals surface area contributed by atoms with E-state index in [4.69, 9.17) is 13.3 Å². The average Bonchev–Trinajstić information content (AvgIpc) is 3.36. The topological polar surface area (TPSA) is 91.0 Å². The van der Waals surface area contributed by atoms with Gasteiger partial charge in [-0.2, -0.15) is 0 Å². The first-order valence-corrected chi connectivity index (χ1v) is 8.93. The first-order chi connectivity index (χ1) is 12.6. The molecule has 0 saturated carbocycles. The fourth-order valence-corrected chi connectivity index (χ4v) is 3.10. The van der Waals surface area contributed by atoms with Gasteiger partial charge in [0.2, 0.25) is 11.8 Å². The molecule has 3 aromatic heterocycles. The molecule has 0 spiro atoms. The quantitative estimate of drug-likeness (QED) is 0.462. The molecule has 0 unspecified atom stereocenters. The van der Waals surface area contributed by atoms with Gasteiger partial charge >= 0.3 is 0 Å². The highest BCUT2D eigenvalue weighted by Crippen LogP contribution is 2.36. The molecular weight excluding hydrogens is 352 g/mol. The second-order valence-corrected chi connectivity index (χ2v) is 7.13. The van der Waals surface area contributed by atoms with E-state index in [-0.39, 0.29) is 5.25 Å². The van der Waals surface area contributed by atoms with Gasteiger partial charge in [-0.05, 0) is 39.0 Å². The van der Waals surface area contributed by atoms with E-state index in [1.54, 1.807) is 12.3 Å². The monoisotopic (exact) mass is 368 g/mol. The number of hydrogen-bond acceptors (Lipinski definition) is 8. The number of hydrogen-bond donors (Lipinski definition) is 0. The van der Waals surface area contributed by atoms with Gasteiger partial charge in [0.15, 0.2) is 0 Å². The molecule has 0 amide bonds. The Labute approximate surface area is 153 Å². The maximum absolute atomic E-state index is 5.79. The Balaban J connectivity index is 1.49. The van der Waals surface area contributed by atoms with Crippen LogP contribution in [-0.2, 0) is 0 Å². The van der Waals surface area contributed by atoms with Crippen LogP contribution in [0.1, 0.15) is 29.4 Å². The van der Waals surface area contributed by atoms with Gasteiger partial charge in [-0.1, -0.05) is 29.5 Å². The van der Waals surface area contributed by atoms with Gasteiger partial charge in [0.25, 0.3) is 11.1 Å². The van der Waals surface area contributed by atoms with Crippen molar-refractivity contribution in [3.8, 4) is 22.9 Å². The minimum absolute atomic E-state index is 0.125. The standard InChI is InChI=1S/C18H16N4O3S/c1-10-4-6-13(7-5-10)16-20-19-15(24-16)12(3)26-18-22-21-17(25-18)14-8-9-23-11(14)2/h4-9,12H,1-3H3/t12-/m1/s1. The predicted molar refractivity (Wildman–Crippen MR) is 95.5 cm³/mol. The molecule has 4 aromatic rings. The van der Waals surface area contributed by atoms with E-state index in [0.29, 0.717) is 22.9 Å². The Morgan fingerprint density at radius 3 is 2.38 bits per heavy atom. The third-order valence-electron chi connectivity index (χ3n) is 3.86. The lowest BCUT2D eigenvalue weighted by Crippen LogP contribution is -1.88. The van der Waals surface area contributed by atoms with Crippen LogP contribution in [0.5, 0.6) is 0 Å². The van der Waals surface area contributed by atoms with Gasteiger partial charge in [0.05, 0.1) is 17.1 Å². The van der Waals surface area contributed by atoms with Crippen LogP contribution in [0.15, 0.2) is 55.1 Å². The van der Waals surface area contributed by atoms with Gasteiger partial charge in [0, 0.05) is 5.56 Å². The minimum Gasteiger partial charge on any atom is -0.469 e. The maximum atomic E-state index is 5.79. The van der Waals surface area contributed by atoms with Gasteiger partial charge in [-0.25, -0.2) is 0 Å². The fourth-order valence-electron chi connectivity index (χ4n) is 2.39. The summed E-state index contributed by atoms with van der Waals surface area (Å²) in [6.45, 7) is 5.83. The molecule has 0 aliphatic rings. The van der Waals surface area contributed by atoms with Crippen LogP contribution in [0.2, 0.25) is 0 Å². The Morgan fingerprint density at radius 2 is 1.65 bits per heavy atom. The van der Waals surface area contributed by atoms with Crippen molar-refractivity contribution in [3.63, 3.8) is 0 Å². The first-order valence-electron chi connectivity index (χ1n) is 8.05. The van der Waals surface area contributed by atoms with Crippen molar-refractivity contribution >= 4 is 11.8 Å². The summed E-state index contributed by atoms with van der Waals surface area (Å²) in [6.07, 6.45) is 1.59. The summed E-state index contributed by atoms with van der Waals surface area (Å²) in [6, 6.07) is 9.74. The largest absolute Gasteiger partial charge is 0.469 e. The molecule has 0 radical (unpaired) electrons. The molecular formula is C18H16N4O3S. The number of nitrogens with zero attached hydrogens (tertiary/aromatic N) is 4. The van der Waals surface area contributed by atoms with E-state index >= 15 is 0 Å². The number of benzene rings is 1. The summed E-state index contributed by atoms with van der Waals surface area (Å²) in [5, 5.41) is 16.7. The Hall–Kier alpha value is -2.87. The molecule has 132 valence electrons. The lowest BCUT2D eigenvalue weighted by molar-refractivity contribution is 0.459. The second-order valence-electron chi connectivity index (χ2n) is 5.84. The summed E-state index contributed by atoms with van der Waals surface area (Å²) in [7, 11) is 0. The van der Waals surface area contributed by atoms with Gasteiger partial charge in [-0.15, -0.1) is 20.4 Å². The van der Waals surface area contributed by atoms with Crippen LogP contribution < -0.4 is 0 Å². The summed E-state index contributed by atoms with van der Waals surface area (Å²) in [5.74, 6) is 2.16. The van der Waals surface area contributed by atoms with Crippen LogP contribution in [0.4, 0.5) is 0 Å². The molecule has 1 atom stereocenters.